The van der Waals surface area contributed by atoms with Gasteiger partial charge in [-0.2, -0.15) is 0 Å². The van der Waals surface area contributed by atoms with Crippen LogP contribution >= 0.6 is 0 Å². The van der Waals surface area contributed by atoms with Crippen LogP contribution in [0.1, 0.15) is 27.7 Å². The monoisotopic (exact) mass is 288 g/mol. The molecule has 20 heavy (non-hydrogen) atoms. The average molecular weight is 288 g/mol. The van der Waals surface area contributed by atoms with Crippen LogP contribution in [0, 0.1) is 0 Å². The molecular formula is C12H24N4O4. The van der Waals surface area contributed by atoms with Gasteiger partial charge in [-0.25, -0.2) is 0 Å². The van der Waals surface area contributed by atoms with Gasteiger partial charge in [-0.05, 0) is 27.7 Å². The lowest BCUT2D eigenvalue weighted by atomic mass is 10.2. The van der Waals surface area contributed by atoms with Gasteiger partial charge in [-0.3, -0.25) is 14.4 Å². The topological polar surface area (TPSA) is 134 Å². The Hall–Kier alpha value is -1.67. The Morgan fingerprint density at radius 2 is 1.30 bits per heavy atom. The highest BCUT2D eigenvalue weighted by atomic mass is 16.3. The Kier molecular flexibility index (Phi) is 7.78. The maximum Gasteiger partial charge on any atom is 0.242 e. The predicted molar refractivity (Wildman–Crippen MR) is 73.5 cm³/mol. The van der Waals surface area contributed by atoms with E-state index in [0.29, 0.717) is 0 Å². The molecule has 0 aliphatic heterocycles. The molecule has 0 rings (SSSR count). The van der Waals surface area contributed by atoms with Crippen LogP contribution in [-0.2, 0) is 14.4 Å². The molecular weight excluding hydrogens is 264 g/mol. The van der Waals surface area contributed by atoms with Crippen molar-refractivity contribution < 1.29 is 19.5 Å². The van der Waals surface area contributed by atoms with Crippen LogP contribution in [0.25, 0.3) is 0 Å². The van der Waals surface area contributed by atoms with Crippen LogP contribution < -0.4 is 21.7 Å². The van der Waals surface area contributed by atoms with E-state index < -0.39 is 41.9 Å². The second-order valence-electron chi connectivity index (χ2n) is 4.84. The van der Waals surface area contributed by atoms with E-state index in [9.17, 15) is 14.4 Å². The summed E-state index contributed by atoms with van der Waals surface area (Å²) in [5.74, 6) is -1.34. The molecule has 8 heteroatoms. The Morgan fingerprint density at radius 1 is 0.900 bits per heavy atom. The number of carbonyl (C=O) groups excluding carboxylic acids is 3. The van der Waals surface area contributed by atoms with Crippen molar-refractivity contribution in [3.63, 3.8) is 0 Å². The fourth-order valence-electron chi connectivity index (χ4n) is 1.23. The van der Waals surface area contributed by atoms with Crippen LogP contribution in [0.3, 0.4) is 0 Å². The van der Waals surface area contributed by atoms with Crippen molar-refractivity contribution in [3.05, 3.63) is 0 Å². The van der Waals surface area contributed by atoms with Crippen LogP contribution in [0.5, 0.6) is 0 Å². The summed E-state index contributed by atoms with van der Waals surface area (Å²) in [5, 5.41) is 16.2. The molecule has 0 radical (unpaired) electrons. The molecule has 0 aromatic carbocycles. The van der Waals surface area contributed by atoms with Gasteiger partial charge in [-0.1, -0.05) is 0 Å². The zero-order valence-electron chi connectivity index (χ0n) is 12.3. The Bertz CT molecular complexity index is 359. The molecule has 8 nitrogen and oxygen atoms in total. The Balaban J connectivity index is 4.31. The van der Waals surface area contributed by atoms with Gasteiger partial charge >= 0.3 is 0 Å². The first-order valence-electron chi connectivity index (χ1n) is 6.46. The number of rotatable bonds is 7. The zero-order chi connectivity index (χ0) is 15.9. The minimum absolute atomic E-state index is 0.187. The molecule has 0 aliphatic rings. The summed E-state index contributed by atoms with van der Waals surface area (Å²) >= 11 is 0. The fraction of sp³-hybridized carbons (Fsp3) is 0.750. The van der Waals surface area contributed by atoms with Crippen molar-refractivity contribution in [3.8, 4) is 0 Å². The molecule has 4 atom stereocenters. The first-order chi connectivity index (χ1) is 9.18. The maximum atomic E-state index is 11.8. The van der Waals surface area contributed by atoms with Crippen LogP contribution in [0.2, 0.25) is 0 Å². The van der Waals surface area contributed by atoms with E-state index in [4.69, 9.17) is 10.8 Å². The second-order valence-corrected chi connectivity index (χ2v) is 4.84. The average Bonchev–Trinajstić information content (AvgIpc) is 2.37. The van der Waals surface area contributed by atoms with E-state index in [2.05, 4.69) is 16.0 Å². The lowest BCUT2D eigenvalue weighted by Gasteiger charge is -2.20. The quantitative estimate of drug-likeness (QED) is 0.364. The number of carbonyl (C=O) groups is 3. The summed E-state index contributed by atoms with van der Waals surface area (Å²) in [7, 11) is 0. The van der Waals surface area contributed by atoms with Crippen molar-refractivity contribution in [2.24, 2.45) is 5.73 Å². The summed E-state index contributed by atoms with van der Waals surface area (Å²) in [4.78, 5) is 34.8. The minimum atomic E-state index is -0.793. The maximum absolute atomic E-state index is 11.8. The summed E-state index contributed by atoms with van der Waals surface area (Å²) in [6, 6.07) is -2.67. The molecule has 0 aliphatic carbocycles. The molecule has 3 amide bonds. The van der Waals surface area contributed by atoms with Gasteiger partial charge < -0.3 is 26.8 Å². The van der Waals surface area contributed by atoms with Gasteiger partial charge in [0, 0.05) is 6.04 Å². The first kappa shape index (κ1) is 18.3. The highest BCUT2D eigenvalue weighted by Crippen LogP contribution is 1.90. The minimum Gasteiger partial charge on any atom is -0.394 e. The van der Waals surface area contributed by atoms with E-state index in [0.717, 1.165) is 0 Å². The molecule has 0 saturated carbocycles. The van der Waals surface area contributed by atoms with Crippen LogP contribution in [0.4, 0.5) is 0 Å². The third kappa shape index (κ3) is 6.48. The lowest BCUT2D eigenvalue weighted by molar-refractivity contribution is -0.131. The van der Waals surface area contributed by atoms with Crippen molar-refractivity contribution in [1.29, 1.82) is 0 Å². The third-order valence-corrected chi connectivity index (χ3v) is 2.58. The Labute approximate surface area is 118 Å². The van der Waals surface area contributed by atoms with Gasteiger partial charge in [0.25, 0.3) is 0 Å². The zero-order valence-corrected chi connectivity index (χ0v) is 12.3. The van der Waals surface area contributed by atoms with E-state index in [1.165, 1.54) is 20.8 Å². The Morgan fingerprint density at radius 3 is 1.70 bits per heavy atom. The van der Waals surface area contributed by atoms with Crippen molar-refractivity contribution in [2.75, 3.05) is 6.61 Å². The van der Waals surface area contributed by atoms with Crippen LogP contribution in [0.15, 0.2) is 0 Å². The molecule has 6 N–H and O–H groups in total. The molecule has 0 spiro atoms. The van der Waals surface area contributed by atoms with Crippen molar-refractivity contribution in [2.45, 2.75) is 51.9 Å². The highest BCUT2D eigenvalue weighted by molar-refractivity contribution is 5.92. The molecule has 0 heterocycles. The van der Waals surface area contributed by atoms with Gasteiger partial charge in [0.1, 0.15) is 12.1 Å². The number of nitrogens with two attached hydrogens (primary N) is 1. The summed E-state index contributed by atoms with van der Waals surface area (Å²) in [6.07, 6.45) is 0. The standard InChI is InChI=1S/C12H24N4O4/c1-6(5-17)14-11(19)8(3)16-12(20)9(4)15-10(18)7(2)13/h6-9,17H,5,13H2,1-4H3,(H,14,19)(H,15,18)(H,16,20)/t6-,7-,8-,9-/m0/s1. The van der Waals surface area contributed by atoms with Crippen LogP contribution in [-0.4, -0.2) is 53.6 Å². The summed E-state index contributed by atoms with van der Waals surface area (Å²) < 4.78 is 0. The summed E-state index contributed by atoms with van der Waals surface area (Å²) in [5.41, 5.74) is 5.37. The van der Waals surface area contributed by atoms with E-state index in [-0.39, 0.29) is 6.61 Å². The van der Waals surface area contributed by atoms with Crippen molar-refractivity contribution >= 4 is 17.7 Å². The molecule has 116 valence electrons. The number of amides is 3. The second kappa shape index (κ2) is 8.49. The number of hydrogen-bond donors (Lipinski definition) is 5. The third-order valence-electron chi connectivity index (χ3n) is 2.58. The van der Waals surface area contributed by atoms with E-state index >= 15 is 0 Å². The smallest absolute Gasteiger partial charge is 0.242 e. The first-order valence-corrected chi connectivity index (χ1v) is 6.46. The SMILES string of the molecule is C[C@H](N)C(=O)N[C@@H](C)C(=O)N[C@@H](C)C(=O)N[C@@H](C)CO. The molecule has 0 bridgehead atoms. The molecule has 0 aromatic heterocycles. The highest BCUT2D eigenvalue weighted by Gasteiger charge is 2.22. The number of hydrogen-bond acceptors (Lipinski definition) is 5. The lowest BCUT2D eigenvalue weighted by Crippen LogP contribution is -2.54. The fourth-order valence-corrected chi connectivity index (χ4v) is 1.23. The van der Waals surface area contributed by atoms with E-state index in [1.54, 1.807) is 6.92 Å². The van der Waals surface area contributed by atoms with Gasteiger partial charge in [0.05, 0.1) is 12.6 Å². The molecule has 0 aromatic rings. The number of aliphatic hydroxyl groups is 1. The largest absolute Gasteiger partial charge is 0.394 e. The normalized spacial score (nSPS) is 16.5. The van der Waals surface area contributed by atoms with Crippen molar-refractivity contribution in [1.82, 2.24) is 16.0 Å². The summed E-state index contributed by atoms with van der Waals surface area (Å²) in [6.45, 7) is 5.96. The molecule has 0 unspecified atom stereocenters. The van der Waals surface area contributed by atoms with Gasteiger partial charge in [0.2, 0.25) is 17.7 Å². The van der Waals surface area contributed by atoms with E-state index in [1.807, 2.05) is 0 Å². The molecule has 0 saturated heterocycles. The van der Waals surface area contributed by atoms with Gasteiger partial charge in [-0.15, -0.1) is 0 Å². The molecule has 0 fully saturated rings. The number of aliphatic hydroxyl groups excluding tert-OH is 1. The predicted octanol–water partition coefficient (Wildman–Crippen LogP) is -2.16. The number of nitrogens with one attached hydrogen (secondary N) is 3. The van der Waals surface area contributed by atoms with Gasteiger partial charge in [0.15, 0.2) is 0 Å².